The molecule has 1 aliphatic heterocycles. The summed E-state index contributed by atoms with van der Waals surface area (Å²) in [6, 6.07) is 7.17. The van der Waals surface area contributed by atoms with Gasteiger partial charge in [0.05, 0.1) is 21.7 Å². The molecule has 10 heteroatoms. The number of β-lactam (4-membered cyclic amide) rings is 1. The molecule has 203 valence electrons. The molecule has 1 aromatic carbocycles. The van der Waals surface area contributed by atoms with Crippen molar-refractivity contribution in [3.63, 3.8) is 0 Å². The molecule has 1 radical (unpaired) electrons. The first-order chi connectivity index (χ1) is 17.0. The smallest absolute Gasteiger partial charge is 0.333 e. The lowest BCUT2D eigenvalue weighted by atomic mass is 9.66. The topological polar surface area (TPSA) is 68.7 Å². The maximum absolute atomic E-state index is 14.0. The summed E-state index contributed by atoms with van der Waals surface area (Å²) < 4.78 is 14.4. The minimum Gasteiger partial charge on any atom is -0.458 e. The fraction of sp³-hybridized carbons (Fsp3) is 0.593. The number of hydrogen-bond acceptors (Lipinski definition) is 8. The number of amides is 1. The molecule has 1 saturated heterocycles. The van der Waals surface area contributed by atoms with E-state index in [2.05, 4.69) is 46.5 Å². The summed E-state index contributed by atoms with van der Waals surface area (Å²) in [6.07, 6.45) is 0. The van der Waals surface area contributed by atoms with Crippen LogP contribution in [-0.4, -0.2) is 53.4 Å². The van der Waals surface area contributed by atoms with Crippen molar-refractivity contribution in [2.75, 3.05) is 0 Å². The van der Waals surface area contributed by atoms with Crippen LogP contribution < -0.4 is 0 Å². The number of nitrogens with zero attached hydrogens (tertiary/aromatic N) is 2. The highest BCUT2D eigenvalue weighted by Crippen LogP contribution is 2.55. The Labute approximate surface area is 235 Å². The van der Waals surface area contributed by atoms with E-state index in [0.717, 1.165) is 14.6 Å². The quantitative estimate of drug-likeness (QED) is 0.102. The highest BCUT2D eigenvalue weighted by atomic mass is 33.1. The predicted octanol–water partition coefficient (Wildman–Crippen LogP) is 7.18. The van der Waals surface area contributed by atoms with Gasteiger partial charge in [0.25, 0.3) is 0 Å². The molecule has 6 nitrogen and oxygen atoms in total. The third-order valence-corrected chi connectivity index (χ3v) is 11.3. The van der Waals surface area contributed by atoms with Gasteiger partial charge in [0.15, 0.2) is 10.4 Å². The number of carbonyl (C=O) groups excluding carboxylic acids is 2. The van der Waals surface area contributed by atoms with Crippen molar-refractivity contribution in [1.29, 1.82) is 0 Å². The van der Waals surface area contributed by atoms with Crippen LogP contribution in [-0.2, 0) is 18.8 Å². The first-order valence-corrected chi connectivity index (χ1v) is 17.8. The van der Waals surface area contributed by atoms with Crippen molar-refractivity contribution in [3.8, 4) is 0 Å². The van der Waals surface area contributed by atoms with Crippen molar-refractivity contribution in [2.45, 2.75) is 95.4 Å². The second kappa shape index (κ2) is 11.0. The van der Waals surface area contributed by atoms with E-state index < -0.39 is 38.2 Å². The molecule has 1 amide bonds. The van der Waals surface area contributed by atoms with Gasteiger partial charge in [-0.3, -0.25) is 4.79 Å². The molecule has 3 unspecified atom stereocenters. The lowest BCUT2D eigenvalue weighted by Crippen LogP contribution is -2.73. The third-order valence-electron chi connectivity index (χ3n) is 6.45. The minimum atomic E-state index is -1.12. The summed E-state index contributed by atoms with van der Waals surface area (Å²) in [7, 11) is 1.97. The second-order valence-corrected chi connectivity index (χ2v) is 17.5. The number of hydrogen-bond donors (Lipinski definition) is 0. The first-order valence-electron chi connectivity index (χ1n) is 12.3. The van der Waals surface area contributed by atoms with Gasteiger partial charge in [-0.1, -0.05) is 50.3 Å². The Morgan fingerprint density at radius 3 is 2.30 bits per heavy atom. The second-order valence-electron chi connectivity index (χ2n) is 11.9. The van der Waals surface area contributed by atoms with Crippen LogP contribution in [0.4, 0.5) is 0 Å². The van der Waals surface area contributed by atoms with Gasteiger partial charge < -0.3 is 14.1 Å². The van der Waals surface area contributed by atoms with Gasteiger partial charge in [0, 0.05) is 0 Å². The molecule has 37 heavy (non-hydrogen) atoms. The average Bonchev–Trinajstić information content (AvgIpc) is 3.14. The molecule has 2 heterocycles. The van der Waals surface area contributed by atoms with Crippen molar-refractivity contribution >= 4 is 64.1 Å². The van der Waals surface area contributed by atoms with E-state index in [1.54, 1.807) is 44.7 Å². The number of thiazole rings is 1. The number of rotatable bonds is 9. The largest absolute Gasteiger partial charge is 0.458 e. The molecule has 1 aromatic heterocycles. The number of fused-ring (bicyclic) bond motifs is 1. The van der Waals surface area contributed by atoms with Crippen LogP contribution in [0.5, 0.6) is 0 Å². The van der Waals surface area contributed by atoms with E-state index in [1.807, 2.05) is 45.9 Å². The maximum atomic E-state index is 14.0. The Hall–Kier alpha value is -1.33. The fourth-order valence-corrected chi connectivity index (χ4v) is 9.80. The monoisotopic (exact) mass is 579 g/mol. The number of ether oxygens (including phenoxy) is 1. The molecular formula is C27H39N2O4S3Si. The summed E-state index contributed by atoms with van der Waals surface area (Å²) >= 11 is 1.62. The van der Waals surface area contributed by atoms with Crippen LogP contribution in [0, 0.1) is 11.3 Å². The molecular weight excluding hydrogens is 541 g/mol. The Morgan fingerprint density at radius 2 is 1.78 bits per heavy atom. The molecule has 1 aliphatic rings. The molecule has 3 rings (SSSR count). The van der Waals surface area contributed by atoms with E-state index in [1.165, 1.54) is 0 Å². The Morgan fingerprint density at radius 1 is 1.16 bits per heavy atom. The number of likely N-dealkylation sites (tertiary alicyclic amines) is 1. The van der Waals surface area contributed by atoms with Crippen LogP contribution in [0.15, 0.2) is 40.8 Å². The number of esters is 1. The zero-order valence-corrected chi connectivity index (χ0v) is 27.0. The van der Waals surface area contributed by atoms with Crippen molar-refractivity contribution in [1.82, 2.24) is 9.88 Å². The normalized spacial score (nSPS) is 21.1. The summed E-state index contributed by atoms with van der Waals surface area (Å²) in [5.41, 5.74) is -0.190. The number of benzene rings is 1. The van der Waals surface area contributed by atoms with Gasteiger partial charge in [0.2, 0.25) is 14.9 Å². The van der Waals surface area contributed by atoms with Crippen LogP contribution in [0.25, 0.3) is 10.2 Å². The number of aromatic nitrogens is 1. The van der Waals surface area contributed by atoms with E-state index in [-0.39, 0.29) is 16.7 Å². The van der Waals surface area contributed by atoms with E-state index >= 15 is 0 Å². The lowest BCUT2D eigenvalue weighted by Gasteiger charge is -2.59. The van der Waals surface area contributed by atoms with Crippen molar-refractivity contribution in [3.05, 3.63) is 36.4 Å². The van der Waals surface area contributed by atoms with Gasteiger partial charge in [-0.25, -0.2) is 9.78 Å². The Balaban J connectivity index is 2.01. The third kappa shape index (κ3) is 6.46. The first kappa shape index (κ1) is 30.2. The molecule has 1 fully saturated rings. The van der Waals surface area contributed by atoms with E-state index in [0.29, 0.717) is 5.57 Å². The van der Waals surface area contributed by atoms with Gasteiger partial charge >= 0.3 is 5.97 Å². The van der Waals surface area contributed by atoms with Gasteiger partial charge in [0.1, 0.15) is 11.0 Å². The van der Waals surface area contributed by atoms with E-state index in [9.17, 15) is 9.59 Å². The Bertz CT molecular complexity index is 1140. The van der Waals surface area contributed by atoms with Crippen LogP contribution in [0.3, 0.4) is 0 Å². The standard InChI is InChI=1S/C27H39N2O4S3Si/c1-16(2)20(23(31)32-26(6,7)8)29-21(30)19(27(9,25(3,4)5)33-37(10)11)22(29)35-36-24-28-17-14-12-13-15-18(17)34-24/h12-15,19-20,22H,1H2,2-11H3/t19?,20?,22?,27-/m0/s1. The molecule has 0 N–H and O–H groups in total. The molecule has 2 aromatic rings. The minimum absolute atomic E-state index is 0.109. The summed E-state index contributed by atoms with van der Waals surface area (Å²) in [4.78, 5) is 33.7. The predicted molar refractivity (Wildman–Crippen MR) is 158 cm³/mol. The van der Waals surface area contributed by atoms with Crippen LogP contribution in [0.2, 0.25) is 13.1 Å². The van der Waals surface area contributed by atoms with Gasteiger partial charge in [-0.05, 0) is 81.6 Å². The highest BCUT2D eigenvalue weighted by molar-refractivity contribution is 8.77. The van der Waals surface area contributed by atoms with Crippen LogP contribution >= 0.6 is 32.9 Å². The Kier molecular flexibility index (Phi) is 9.01. The average molecular weight is 580 g/mol. The fourth-order valence-electron chi connectivity index (χ4n) is 4.36. The highest BCUT2D eigenvalue weighted by Gasteiger charge is 2.64. The maximum Gasteiger partial charge on any atom is 0.333 e. The lowest BCUT2D eigenvalue weighted by molar-refractivity contribution is -0.187. The van der Waals surface area contributed by atoms with Crippen molar-refractivity contribution in [2.24, 2.45) is 11.3 Å². The molecule has 0 saturated carbocycles. The summed E-state index contributed by atoms with van der Waals surface area (Å²) in [5.74, 6) is -1.01. The molecule has 0 aliphatic carbocycles. The van der Waals surface area contributed by atoms with Gasteiger partial charge in [-0.15, -0.1) is 11.3 Å². The molecule has 0 spiro atoms. The SMILES string of the molecule is C=C(C)C(C(=O)OC(C)(C)C)N1C(=O)C([C@](C)(O[Si](C)C)C(C)(C)C)C1SSc1nc2ccccc2s1. The zero-order chi connectivity index (χ0) is 27.9. The summed E-state index contributed by atoms with van der Waals surface area (Å²) in [5, 5.41) is -0.329. The zero-order valence-electron chi connectivity index (χ0n) is 23.5. The number of para-hydroxylation sites is 1. The van der Waals surface area contributed by atoms with Crippen LogP contribution in [0.1, 0.15) is 55.4 Å². The molecule has 0 bridgehead atoms. The van der Waals surface area contributed by atoms with Crippen molar-refractivity contribution < 1.29 is 18.8 Å². The molecule has 4 atom stereocenters. The van der Waals surface area contributed by atoms with E-state index in [4.69, 9.17) is 14.1 Å². The van der Waals surface area contributed by atoms with Gasteiger partial charge in [-0.2, -0.15) is 0 Å². The number of carbonyl (C=O) groups is 2. The summed E-state index contributed by atoms with van der Waals surface area (Å²) in [6.45, 7) is 23.9.